The maximum atomic E-state index is 10.7. The van der Waals surface area contributed by atoms with Gasteiger partial charge in [-0.3, -0.25) is 14.5 Å². The van der Waals surface area contributed by atoms with Gasteiger partial charge in [0.1, 0.15) is 0 Å². The summed E-state index contributed by atoms with van der Waals surface area (Å²) in [5, 5.41) is 8.23. The van der Waals surface area contributed by atoms with Crippen LogP contribution in [0.1, 0.15) is 19.3 Å². The molecule has 0 aliphatic carbocycles. The van der Waals surface area contributed by atoms with Crippen LogP contribution in [-0.2, 0) is 19.5 Å². The van der Waals surface area contributed by atoms with E-state index in [9.17, 15) is 14.4 Å². The fourth-order valence-corrected chi connectivity index (χ4v) is 0.560. The zero-order valence-electron chi connectivity index (χ0n) is 7.19. The molecule has 0 aromatic carbocycles. The minimum absolute atomic E-state index is 0.0472. The van der Waals surface area contributed by atoms with Crippen molar-refractivity contribution in [2.24, 2.45) is 5.73 Å². The standard InChI is InChI=1S/C6H10N2O6/c7-6(12)13-14-8-4(9)2-1-3-5(10)11/h1-3H2,(H2,7,12)(H,8,9)(H,10,11). The van der Waals surface area contributed by atoms with E-state index >= 15 is 0 Å². The van der Waals surface area contributed by atoms with Crippen LogP contribution in [0.5, 0.6) is 0 Å². The second-order valence-corrected chi connectivity index (χ2v) is 2.26. The van der Waals surface area contributed by atoms with Crippen LogP contribution in [0, 0.1) is 0 Å². The lowest BCUT2D eigenvalue weighted by Gasteiger charge is -2.01. The molecular formula is C6H10N2O6. The van der Waals surface area contributed by atoms with Gasteiger partial charge >= 0.3 is 12.1 Å². The van der Waals surface area contributed by atoms with Gasteiger partial charge in [-0.1, -0.05) is 4.99 Å². The Bertz CT molecular complexity index is 206. The molecule has 8 heteroatoms. The Labute approximate surface area is 78.8 Å². The molecule has 0 saturated heterocycles. The Balaban J connectivity index is 3.37. The van der Waals surface area contributed by atoms with Crippen LogP contribution in [0.15, 0.2) is 0 Å². The summed E-state index contributed by atoms with van der Waals surface area (Å²) in [6.07, 6.45) is -1.20. The van der Waals surface area contributed by atoms with E-state index < -0.39 is 18.0 Å². The number of hydrogen-bond donors (Lipinski definition) is 3. The Morgan fingerprint density at radius 2 is 1.93 bits per heavy atom. The summed E-state index contributed by atoms with van der Waals surface area (Å²) in [4.78, 5) is 38.3. The van der Waals surface area contributed by atoms with E-state index in [-0.39, 0.29) is 19.3 Å². The second kappa shape index (κ2) is 6.66. The number of carboxylic acids is 1. The summed E-state index contributed by atoms with van der Waals surface area (Å²) >= 11 is 0. The number of hydroxylamine groups is 1. The molecule has 0 saturated carbocycles. The summed E-state index contributed by atoms with van der Waals surface area (Å²) in [6.45, 7) is 0. The second-order valence-electron chi connectivity index (χ2n) is 2.26. The van der Waals surface area contributed by atoms with Gasteiger partial charge in [-0.2, -0.15) is 5.48 Å². The Kier molecular flexibility index (Phi) is 5.79. The Hall–Kier alpha value is -1.83. The molecule has 0 spiro atoms. The van der Waals surface area contributed by atoms with Gasteiger partial charge in [-0.05, 0) is 6.42 Å². The van der Waals surface area contributed by atoms with Crippen molar-refractivity contribution in [2.75, 3.05) is 0 Å². The number of nitrogens with one attached hydrogen (secondary N) is 1. The highest BCUT2D eigenvalue weighted by Gasteiger charge is 2.04. The number of aliphatic carboxylic acids is 1. The van der Waals surface area contributed by atoms with Crippen LogP contribution in [0.2, 0.25) is 0 Å². The van der Waals surface area contributed by atoms with Gasteiger partial charge in [0.2, 0.25) is 5.91 Å². The summed E-state index contributed by atoms with van der Waals surface area (Å²) in [6, 6.07) is 0. The van der Waals surface area contributed by atoms with E-state index in [2.05, 4.69) is 15.6 Å². The average Bonchev–Trinajstić information content (AvgIpc) is 2.02. The van der Waals surface area contributed by atoms with Crippen LogP contribution >= 0.6 is 0 Å². The number of rotatable bonds is 6. The maximum absolute atomic E-state index is 10.7. The van der Waals surface area contributed by atoms with Crippen molar-refractivity contribution in [1.82, 2.24) is 5.48 Å². The Morgan fingerprint density at radius 3 is 2.43 bits per heavy atom. The van der Waals surface area contributed by atoms with Crippen molar-refractivity contribution in [1.29, 1.82) is 0 Å². The van der Waals surface area contributed by atoms with Gasteiger partial charge in [-0.25, -0.2) is 4.79 Å². The minimum atomic E-state index is -1.20. The van der Waals surface area contributed by atoms with E-state index in [0.29, 0.717) is 0 Å². The molecule has 0 bridgehead atoms. The molecule has 0 atom stereocenters. The molecule has 0 radical (unpaired) electrons. The molecule has 80 valence electrons. The third-order valence-corrected chi connectivity index (χ3v) is 1.07. The van der Waals surface area contributed by atoms with Crippen molar-refractivity contribution >= 4 is 18.0 Å². The monoisotopic (exact) mass is 206 g/mol. The third-order valence-electron chi connectivity index (χ3n) is 1.07. The van der Waals surface area contributed by atoms with Crippen molar-refractivity contribution in [3.8, 4) is 0 Å². The van der Waals surface area contributed by atoms with Crippen LogP contribution < -0.4 is 11.2 Å². The minimum Gasteiger partial charge on any atom is -0.481 e. The molecular weight excluding hydrogens is 196 g/mol. The van der Waals surface area contributed by atoms with E-state index in [4.69, 9.17) is 5.11 Å². The Morgan fingerprint density at radius 1 is 1.29 bits per heavy atom. The highest BCUT2D eigenvalue weighted by Crippen LogP contribution is 1.94. The highest BCUT2D eigenvalue weighted by molar-refractivity contribution is 5.75. The lowest BCUT2D eigenvalue weighted by molar-refractivity contribution is -0.277. The summed E-state index contributed by atoms with van der Waals surface area (Å²) < 4.78 is 0. The van der Waals surface area contributed by atoms with E-state index in [0.717, 1.165) is 0 Å². The molecule has 14 heavy (non-hydrogen) atoms. The van der Waals surface area contributed by atoms with Crippen molar-refractivity contribution in [3.05, 3.63) is 0 Å². The number of primary amides is 1. The van der Waals surface area contributed by atoms with Crippen LogP contribution in [0.4, 0.5) is 4.79 Å². The van der Waals surface area contributed by atoms with Gasteiger partial charge in [0.25, 0.3) is 0 Å². The molecule has 8 nitrogen and oxygen atoms in total. The van der Waals surface area contributed by atoms with Gasteiger partial charge in [0.05, 0.1) is 0 Å². The van der Waals surface area contributed by atoms with Crippen molar-refractivity contribution in [3.63, 3.8) is 0 Å². The fraction of sp³-hybridized carbons (Fsp3) is 0.500. The molecule has 0 heterocycles. The summed E-state index contributed by atoms with van der Waals surface area (Å²) in [7, 11) is 0. The molecule has 0 aromatic rings. The smallest absolute Gasteiger partial charge is 0.438 e. The number of nitrogens with two attached hydrogens (primary N) is 1. The first-order chi connectivity index (χ1) is 6.52. The van der Waals surface area contributed by atoms with Crippen LogP contribution in [-0.4, -0.2) is 23.1 Å². The molecule has 0 fully saturated rings. The maximum Gasteiger partial charge on any atom is 0.438 e. The molecule has 4 N–H and O–H groups in total. The van der Waals surface area contributed by atoms with E-state index in [1.165, 1.54) is 0 Å². The number of carboxylic acid groups (broad SMARTS) is 1. The van der Waals surface area contributed by atoms with Gasteiger partial charge < -0.3 is 10.8 Å². The lowest BCUT2D eigenvalue weighted by Crippen LogP contribution is -2.27. The first kappa shape index (κ1) is 12.2. The number of carbonyl (C=O) groups is 3. The number of amides is 2. The zero-order chi connectivity index (χ0) is 11.0. The molecule has 0 aliphatic heterocycles. The van der Waals surface area contributed by atoms with Gasteiger partial charge in [-0.15, -0.1) is 0 Å². The quantitative estimate of drug-likeness (QED) is 0.389. The normalized spacial score (nSPS) is 9.14. The van der Waals surface area contributed by atoms with Gasteiger partial charge in [0, 0.05) is 12.8 Å². The fourth-order valence-electron chi connectivity index (χ4n) is 0.560. The molecule has 2 amide bonds. The summed E-state index contributed by atoms with van der Waals surface area (Å²) in [5.41, 5.74) is 6.24. The largest absolute Gasteiger partial charge is 0.481 e. The SMILES string of the molecule is NC(=O)OONC(=O)CCCC(=O)O. The van der Waals surface area contributed by atoms with Crippen molar-refractivity contribution < 1.29 is 29.4 Å². The van der Waals surface area contributed by atoms with Crippen LogP contribution in [0.3, 0.4) is 0 Å². The molecule has 0 aromatic heterocycles. The first-order valence-electron chi connectivity index (χ1n) is 3.66. The molecule has 0 unspecified atom stereocenters. The number of carbonyl (C=O) groups excluding carboxylic acids is 2. The van der Waals surface area contributed by atoms with E-state index in [1.807, 2.05) is 0 Å². The predicted molar refractivity (Wildman–Crippen MR) is 41.4 cm³/mol. The summed E-state index contributed by atoms with van der Waals surface area (Å²) in [5.74, 6) is -1.60. The number of hydrogen-bond acceptors (Lipinski definition) is 5. The molecule has 0 rings (SSSR count). The molecule has 0 aliphatic rings. The topological polar surface area (TPSA) is 128 Å². The first-order valence-corrected chi connectivity index (χ1v) is 3.66. The lowest BCUT2D eigenvalue weighted by atomic mass is 10.2. The third kappa shape index (κ3) is 8.27. The van der Waals surface area contributed by atoms with Crippen molar-refractivity contribution in [2.45, 2.75) is 19.3 Å². The van der Waals surface area contributed by atoms with E-state index in [1.54, 1.807) is 5.48 Å². The highest BCUT2D eigenvalue weighted by atomic mass is 17.3. The average molecular weight is 206 g/mol. The van der Waals surface area contributed by atoms with Gasteiger partial charge in [0.15, 0.2) is 0 Å². The zero-order valence-corrected chi connectivity index (χ0v) is 7.19. The predicted octanol–water partition coefficient (Wildman–Crippen LogP) is -0.701. The van der Waals surface area contributed by atoms with Crippen LogP contribution in [0.25, 0.3) is 0 Å².